The number of nitrogens with zero attached hydrogens (tertiary/aromatic N) is 5. The summed E-state index contributed by atoms with van der Waals surface area (Å²) in [5.41, 5.74) is 0.406. The van der Waals surface area contributed by atoms with Crippen LogP contribution in [0.5, 0.6) is 0 Å². The van der Waals surface area contributed by atoms with E-state index in [2.05, 4.69) is 36.2 Å². The van der Waals surface area contributed by atoms with Crippen molar-refractivity contribution in [3.05, 3.63) is 42.1 Å². The molecular formula is C16H16N6OS. The lowest BCUT2D eigenvalue weighted by atomic mass is 10.0. The van der Waals surface area contributed by atoms with Crippen LogP contribution >= 0.6 is 11.3 Å². The quantitative estimate of drug-likeness (QED) is 0.784. The SMILES string of the molecule is O=C(NC1CCN(c2ncnc3sccc23)CC1)c1ccncn1. The van der Waals surface area contributed by atoms with Gasteiger partial charge in [0.2, 0.25) is 0 Å². The number of carbonyl (C=O) groups excluding carboxylic acids is 1. The Bertz CT molecular complexity index is 844. The molecule has 1 fully saturated rings. The van der Waals surface area contributed by atoms with Gasteiger partial charge in [0, 0.05) is 25.3 Å². The van der Waals surface area contributed by atoms with Gasteiger partial charge in [-0.25, -0.2) is 19.9 Å². The number of hydrogen-bond acceptors (Lipinski definition) is 7. The summed E-state index contributed by atoms with van der Waals surface area (Å²) in [5.74, 6) is 0.847. The molecule has 0 atom stereocenters. The first-order valence-electron chi connectivity index (χ1n) is 7.81. The Morgan fingerprint density at radius 1 is 1.17 bits per heavy atom. The van der Waals surface area contributed by atoms with Gasteiger partial charge >= 0.3 is 0 Å². The molecule has 0 bridgehead atoms. The Kier molecular flexibility index (Phi) is 4.04. The van der Waals surface area contributed by atoms with Gasteiger partial charge in [-0.2, -0.15) is 0 Å². The summed E-state index contributed by atoms with van der Waals surface area (Å²) in [6, 6.07) is 3.85. The van der Waals surface area contributed by atoms with E-state index in [0.29, 0.717) is 5.69 Å². The highest BCUT2D eigenvalue weighted by Gasteiger charge is 2.23. The second-order valence-corrected chi connectivity index (χ2v) is 6.56. The molecule has 1 amide bonds. The van der Waals surface area contributed by atoms with Gasteiger partial charge in [-0.15, -0.1) is 11.3 Å². The maximum atomic E-state index is 12.2. The van der Waals surface area contributed by atoms with Gasteiger partial charge < -0.3 is 10.2 Å². The zero-order chi connectivity index (χ0) is 16.4. The van der Waals surface area contributed by atoms with Crippen LogP contribution in [-0.4, -0.2) is 45.0 Å². The molecule has 0 radical (unpaired) electrons. The minimum atomic E-state index is -0.141. The maximum Gasteiger partial charge on any atom is 0.270 e. The molecule has 4 heterocycles. The van der Waals surface area contributed by atoms with Crippen molar-refractivity contribution in [1.29, 1.82) is 0 Å². The van der Waals surface area contributed by atoms with E-state index in [1.165, 1.54) is 6.33 Å². The number of fused-ring (bicyclic) bond motifs is 1. The molecule has 8 heteroatoms. The van der Waals surface area contributed by atoms with E-state index in [1.54, 1.807) is 29.9 Å². The lowest BCUT2D eigenvalue weighted by Crippen LogP contribution is -2.45. The Hall–Kier alpha value is -2.61. The highest BCUT2D eigenvalue weighted by Crippen LogP contribution is 2.28. The average molecular weight is 340 g/mol. The Balaban J connectivity index is 1.40. The van der Waals surface area contributed by atoms with Gasteiger partial charge in [0.15, 0.2) is 0 Å². The summed E-state index contributed by atoms with van der Waals surface area (Å²) in [5, 5.41) is 6.19. The zero-order valence-corrected chi connectivity index (χ0v) is 13.7. The molecule has 1 aliphatic rings. The molecule has 24 heavy (non-hydrogen) atoms. The highest BCUT2D eigenvalue weighted by atomic mass is 32.1. The number of amides is 1. The maximum absolute atomic E-state index is 12.2. The number of anilines is 1. The van der Waals surface area contributed by atoms with Gasteiger partial charge in [0.1, 0.15) is 29.0 Å². The van der Waals surface area contributed by atoms with Crippen molar-refractivity contribution >= 4 is 33.3 Å². The first-order chi connectivity index (χ1) is 11.8. The molecule has 1 N–H and O–H groups in total. The normalized spacial score (nSPS) is 15.6. The summed E-state index contributed by atoms with van der Waals surface area (Å²) in [4.78, 5) is 32.0. The summed E-state index contributed by atoms with van der Waals surface area (Å²) in [6.07, 6.45) is 6.35. The molecule has 4 rings (SSSR count). The van der Waals surface area contributed by atoms with Crippen molar-refractivity contribution in [2.45, 2.75) is 18.9 Å². The monoisotopic (exact) mass is 340 g/mol. The summed E-state index contributed by atoms with van der Waals surface area (Å²) in [6.45, 7) is 1.72. The van der Waals surface area contributed by atoms with Crippen LogP contribution in [-0.2, 0) is 0 Å². The smallest absolute Gasteiger partial charge is 0.270 e. The first-order valence-corrected chi connectivity index (χ1v) is 8.69. The largest absolute Gasteiger partial charge is 0.356 e. The number of nitrogens with one attached hydrogen (secondary N) is 1. The number of thiophene rings is 1. The van der Waals surface area contributed by atoms with E-state index in [9.17, 15) is 4.79 Å². The molecular weight excluding hydrogens is 324 g/mol. The van der Waals surface area contributed by atoms with Crippen molar-refractivity contribution in [2.75, 3.05) is 18.0 Å². The second kappa shape index (κ2) is 6.48. The van der Waals surface area contributed by atoms with Crippen LogP contribution in [0.3, 0.4) is 0 Å². The number of carbonyl (C=O) groups is 1. The van der Waals surface area contributed by atoms with Crippen molar-refractivity contribution in [3.8, 4) is 0 Å². The standard InChI is InChI=1S/C16H16N6OS/c23-15(13-1-5-17-9-18-13)21-11-2-6-22(7-3-11)14-12-4-8-24-16(12)20-10-19-14/h1,4-5,8-11H,2-3,6-7H2,(H,21,23). The average Bonchev–Trinajstić information content (AvgIpc) is 3.12. The van der Waals surface area contributed by atoms with Crippen LogP contribution in [0.15, 0.2) is 36.4 Å². The van der Waals surface area contributed by atoms with Crippen molar-refractivity contribution in [3.63, 3.8) is 0 Å². The summed E-state index contributed by atoms with van der Waals surface area (Å²) in [7, 11) is 0. The molecule has 0 unspecified atom stereocenters. The summed E-state index contributed by atoms with van der Waals surface area (Å²) < 4.78 is 0. The highest BCUT2D eigenvalue weighted by molar-refractivity contribution is 7.16. The molecule has 3 aromatic rings. The van der Waals surface area contributed by atoms with Crippen LogP contribution in [0.2, 0.25) is 0 Å². The molecule has 0 saturated carbocycles. The minimum Gasteiger partial charge on any atom is -0.356 e. The van der Waals surface area contributed by atoms with Crippen LogP contribution < -0.4 is 10.2 Å². The molecule has 0 aliphatic carbocycles. The predicted octanol–water partition coefficient (Wildman–Crippen LogP) is 1.88. The van der Waals surface area contributed by atoms with E-state index < -0.39 is 0 Å². The lowest BCUT2D eigenvalue weighted by Gasteiger charge is -2.33. The van der Waals surface area contributed by atoms with Gasteiger partial charge in [-0.05, 0) is 30.4 Å². The third kappa shape index (κ3) is 2.92. The van der Waals surface area contributed by atoms with Crippen molar-refractivity contribution < 1.29 is 4.79 Å². The summed E-state index contributed by atoms with van der Waals surface area (Å²) >= 11 is 1.63. The topological polar surface area (TPSA) is 83.9 Å². The molecule has 7 nitrogen and oxygen atoms in total. The van der Waals surface area contributed by atoms with E-state index in [1.807, 2.05) is 5.38 Å². The third-order valence-corrected chi connectivity index (χ3v) is 5.01. The molecule has 0 aromatic carbocycles. The molecule has 1 aliphatic heterocycles. The van der Waals surface area contributed by atoms with E-state index in [4.69, 9.17) is 0 Å². The van der Waals surface area contributed by atoms with E-state index in [-0.39, 0.29) is 11.9 Å². The Morgan fingerprint density at radius 3 is 2.83 bits per heavy atom. The number of rotatable bonds is 3. The van der Waals surface area contributed by atoms with E-state index in [0.717, 1.165) is 42.0 Å². The van der Waals surface area contributed by atoms with Crippen LogP contribution in [0, 0.1) is 0 Å². The van der Waals surface area contributed by atoms with Gasteiger partial charge in [0.25, 0.3) is 5.91 Å². The third-order valence-electron chi connectivity index (χ3n) is 4.19. The Morgan fingerprint density at radius 2 is 2.04 bits per heavy atom. The minimum absolute atomic E-state index is 0.141. The molecule has 3 aromatic heterocycles. The molecule has 1 saturated heterocycles. The van der Waals surface area contributed by atoms with Crippen LogP contribution in [0.25, 0.3) is 10.2 Å². The fraction of sp³-hybridized carbons (Fsp3) is 0.312. The van der Waals surface area contributed by atoms with Gasteiger partial charge in [-0.1, -0.05) is 0 Å². The Labute approximate surface area is 142 Å². The lowest BCUT2D eigenvalue weighted by molar-refractivity contribution is 0.0926. The first kappa shape index (κ1) is 14.9. The van der Waals surface area contributed by atoms with Crippen molar-refractivity contribution in [2.24, 2.45) is 0 Å². The van der Waals surface area contributed by atoms with Crippen molar-refractivity contribution in [1.82, 2.24) is 25.3 Å². The zero-order valence-electron chi connectivity index (χ0n) is 12.9. The predicted molar refractivity (Wildman–Crippen MR) is 92.1 cm³/mol. The molecule has 0 spiro atoms. The number of piperidine rings is 1. The fourth-order valence-electron chi connectivity index (χ4n) is 2.95. The van der Waals surface area contributed by atoms with Gasteiger partial charge in [0.05, 0.1) is 5.39 Å². The second-order valence-electron chi connectivity index (χ2n) is 5.67. The van der Waals surface area contributed by atoms with Gasteiger partial charge in [-0.3, -0.25) is 4.79 Å². The number of aromatic nitrogens is 4. The van der Waals surface area contributed by atoms with Crippen LogP contribution in [0.1, 0.15) is 23.3 Å². The fourth-order valence-corrected chi connectivity index (χ4v) is 3.68. The molecule has 122 valence electrons. The number of hydrogen-bond donors (Lipinski definition) is 1. The van der Waals surface area contributed by atoms with Crippen LogP contribution in [0.4, 0.5) is 5.82 Å². The van der Waals surface area contributed by atoms with E-state index >= 15 is 0 Å².